The van der Waals surface area contributed by atoms with Gasteiger partial charge in [0.15, 0.2) is 5.96 Å². The maximum absolute atomic E-state index is 5.68. The molecule has 4 nitrogen and oxygen atoms in total. The molecule has 0 radical (unpaired) electrons. The molecular weight excluding hydrogens is 389 g/mol. The standard InChI is InChI=1S/C17H27N3O.HI/c1-3-12-21-16-9-7-8-15(13-16)14-19-17(18-4-2)20-10-5-6-11-20;/h7-9,13H,3-6,10-12,14H2,1-2H3,(H,18,19);1H. The van der Waals surface area contributed by atoms with Crippen molar-refractivity contribution in [1.82, 2.24) is 10.2 Å². The van der Waals surface area contributed by atoms with E-state index >= 15 is 0 Å². The highest BCUT2D eigenvalue weighted by Crippen LogP contribution is 2.15. The van der Waals surface area contributed by atoms with Crippen molar-refractivity contribution in [2.75, 3.05) is 26.2 Å². The second kappa shape index (κ2) is 10.7. The van der Waals surface area contributed by atoms with Crippen LogP contribution in [0.2, 0.25) is 0 Å². The number of nitrogens with zero attached hydrogens (tertiary/aromatic N) is 2. The summed E-state index contributed by atoms with van der Waals surface area (Å²) in [4.78, 5) is 7.11. The molecule has 1 aromatic rings. The maximum Gasteiger partial charge on any atom is 0.194 e. The Hall–Kier alpha value is -0.980. The molecule has 1 N–H and O–H groups in total. The number of benzene rings is 1. The average molecular weight is 417 g/mol. The van der Waals surface area contributed by atoms with Crippen LogP contribution in [0.1, 0.15) is 38.7 Å². The molecule has 1 saturated heterocycles. The lowest BCUT2D eigenvalue weighted by atomic mass is 10.2. The number of rotatable bonds is 6. The Bertz CT molecular complexity index is 459. The van der Waals surface area contributed by atoms with E-state index < -0.39 is 0 Å². The molecule has 0 bridgehead atoms. The smallest absolute Gasteiger partial charge is 0.194 e. The number of likely N-dealkylation sites (tertiary alicyclic amines) is 1. The number of nitrogens with one attached hydrogen (secondary N) is 1. The molecule has 2 rings (SSSR count). The molecule has 0 aromatic heterocycles. The van der Waals surface area contributed by atoms with Crippen LogP contribution < -0.4 is 10.1 Å². The van der Waals surface area contributed by atoms with Crippen LogP contribution in [0.4, 0.5) is 0 Å². The number of halogens is 1. The van der Waals surface area contributed by atoms with Gasteiger partial charge in [-0.3, -0.25) is 0 Å². The van der Waals surface area contributed by atoms with E-state index in [4.69, 9.17) is 9.73 Å². The molecule has 1 aromatic carbocycles. The SMILES string of the molecule is CCCOc1cccc(CN=C(NCC)N2CCCC2)c1.I. The Morgan fingerprint density at radius 3 is 2.73 bits per heavy atom. The Labute approximate surface area is 151 Å². The normalized spacial score (nSPS) is 14.6. The van der Waals surface area contributed by atoms with Crippen molar-refractivity contribution in [1.29, 1.82) is 0 Å². The lowest BCUT2D eigenvalue weighted by molar-refractivity contribution is 0.317. The number of ether oxygens (including phenoxy) is 1. The zero-order valence-electron chi connectivity index (χ0n) is 13.7. The summed E-state index contributed by atoms with van der Waals surface area (Å²) in [6.45, 7) is 8.84. The molecular formula is C17H28IN3O. The van der Waals surface area contributed by atoms with E-state index in [0.29, 0.717) is 6.54 Å². The predicted molar refractivity (Wildman–Crippen MR) is 103 cm³/mol. The molecule has 5 heteroatoms. The first kappa shape index (κ1) is 19.1. The number of hydrogen-bond donors (Lipinski definition) is 1. The van der Waals surface area contributed by atoms with Crippen LogP contribution >= 0.6 is 24.0 Å². The van der Waals surface area contributed by atoms with Gasteiger partial charge in [-0.25, -0.2) is 4.99 Å². The minimum absolute atomic E-state index is 0. The van der Waals surface area contributed by atoms with Crippen LogP contribution in [-0.4, -0.2) is 37.1 Å². The fraction of sp³-hybridized carbons (Fsp3) is 0.588. The zero-order chi connectivity index (χ0) is 14.9. The summed E-state index contributed by atoms with van der Waals surface area (Å²) in [5, 5.41) is 3.39. The Balaban J connectivity index is 0.00000242. The Morgan fingerprint density at radius 2 is 2.05 bits per heavy atom. The Kier molecular flexibility index (Phi) is 9.27. The lowest BCUT2D eigenvalue weighted by Gasteiger charge is -2.20. The summed E-state index contributed by atoms with van der Waals surface area (Å²) < 4.78 is 5.68. The van der Waals surface area contributed by atoms with Gasteiger partial charge >= 0.3 is 0 Å². The highest BCUT2D eigenvalue weighted by Gasteiger charge is 2.15. The fourth-order valence-corrected chi connectivity index (χ4v) is 2.47. The van der Waals surface area contributed by atoms with Crippen LogP contribution in [0, 0.1) is 0 Å². The first-order valence-corrected chi connectivity index (χ1v) is 8.08. The summed E-state index contributed by atoms with van der Waals surface area (Å²) >= 11 is 0. The van der Waals surface area contributed by atoms with E-state index in [9.17, 15) is 0 Å². The molecule has 1 fully saturated rings. The van der Waals surface area contributed by atoms with Gasteiger partial charge < -0.3 is 15.0 Å². The second-order valence-corrected chi connectivity index (χ2v) is 5.36. The van der Waals surface area contributed by atoms with Gasteiger partial charge in [0.1, 0.15) is 5.75 Å². The van der Waals surface area contributed by atoms with E-state index in [1.807, 2.05) is 12.1 Å². The van der Waals surface area contributed by atoms with Crippen LogP contribution in [0.3, 0.4) is 0 Å². The van der Waals surface area contributed by atoms with Crippen molar-refractivity contribution in [2.45, 2.75) is 39.7 Å². The summed E-state index contributed by atoms with van der Waals surface area (Å²) in [5.41, 5.74) is 1.19. The number of hydrogen-bond acceptors (Lipinski definition) is 2. The van der Waals surface area contributed by atoms with Crippen molar-refractivity contribution in [2.24, 2.45) is 4.99 Å². The van der Waals surface area contributed by atoms with Crippen LogP contribution in [0.5, 0.6) is 5.75 Å². The van der Waals surface area contributed by atoms with Crippen molar-refractivity contribution < 1.29 is 4.74 Å². The second-order valence-electron chi connectivity index (χ2n) is 5.36. The third-order valence-corrected chi connectivity index (χ3v) is 3.52. The van der Waals surface area contributed by atoms with Crippen LogP contribution in [-0.2, 0) is 6.54 Å². The van der Waals surface area contributed by atoms with E-state index in [-0.39, 0.29) is 24.0 Å². The predicted octanol–water partition coefficient (Wildman–Crippen LogP) is 3.65. The highest BCUT2D eigenvalue weighted by molar-refractivity contribution is 14.0. The topological polar surface area (TPSA) is 36.9 Å². The summed E-state index contributed by atoms with van der Waals surface area (Å²) in [7, 11) is 0. The molecule has 22 heavy (non-hydrogen) atoms. The minimum atomic E-state index is 0. The van der Waals surface area contributed by atoms with Gasteiger partial charge in [0, 0.05) is 19.6 Å². The third kappa shape index (κ3) is 6.02. The molecule has 124 valence electrons. The molecule has 1 aliphatic heterocycles. The first-order chi connectivity index (χ1) is 10.3. The average Bonchev–Trinajstić information content (AvgIpc) is 3.04. The number of aliphatic imine (C=N–C) groups is 1. The fourth-order valence-electron chi connectivity index (χ4n) is 2.47. The van der Waals surface area contributed by atoms with Crippen molar-refractivity contribution in [3.8, 4) is 5.75 Å². The third-order valence-electron chi connectivity index (χ3n) is 3.52. The van der Waals surface area contributed by atoms with Crippen molar-refractivity contribution >= 4 is 29.9 Å². The van der Waals surface area contributed by atoms with Gasteiger partial charge in [-0.1, -0.05) is 19.1 Å². The van der Waals surface area contributed by atoms with Crippen LogP contribution in [0.25, 0.3) is 0 Å². The molecule has 1 heterocycles. The lowest BCUT2D eigenvalue weighted by Crippen LogP contribution is -2.39. The van der Waals surface area contributed by atoms with Gasteiger partial charge in [0.05, 0.1) is 13.2 Å². The monoisotopic (exact) mass is 417 g/mol. The van der Waals surface area contributed by atoms with E-state index in [1.165, 1.54) is 18.4 Å². The molecule has 0 saturated carbocycles. The van der Waals surface area contributed by atoms with Crippen molar-refractivity contribution in [3.63, 3.8) is 0 Å². The molecule has 0 atom stereocenters. The van der Waals surface area contributed by atoms with E-state index in [1.54, 1.807) is 0 Å². The largest absolute Gasteiger partial charge is 0.494 e. The zero-order valence-corrected chi connectivity index (χ0v) is 16.0. The first-order valence-electron chi connectivity index (χ1n) is 8.08. The molecule has 0 amide bonds. The maximum atomic E-state index is 5.68. The Morgan fingerprint density at radius 1 is 1.27 bits per heavy atom. The highest BCUT2D eigenvalue weighted by atomic mass is 127. The van der Waals surface area contributed by atoms with E-state index in [2.05, 4.69) is 36.2 Å². The van der Waals surface area contributed by atoms with Gasteiger partial charge in [-0.15, -0.1) is 24.0 Å². The summed E-state index contributed by atoms with van der Waals surface area (Å²) in [6.07, 6.45) is 3.57. The van der Waals surface area contributed by atoms with Gasteiger partial charge in [0.2, 0.25) is 0 Å². The van der Waals surface area contributed by atoms with Crippen molar-refractivity contribution in [3.05, 3.63) is 29.8 Å². The molecule has 0 spiro atoms. The summed E-state index contributed by atoms with van der Waals surface area (Å²) in [5.74, 6) is 1.98. The molecule has 0 unspecified atom stereocenters. The number of guanidine groups is 1. The minimum Gasteiger partial charge on any atom is -0.494 e. The summed E-state index contributed by atoms with van der Waals surface area (Å²) in [6, 6.07) is 8.25. The van der Waals surface area contributed by atoms with Gasteiger partial charge in [0.25, 0.3) is 0 Å². The van der Waals surface area contributed by atoms with Gasteiger partial charge in [-0.2, -0.15) is 0 Å². The van der Waals surface area contributed by atoms with Crippen LogP contribution in [0.15, 0.2) is 29.3 Å². The van der Waals surface area contributed by atoms with Gasteiger partial charge in [-0.05, 0) is 43.9 Å². The molecule has 0 aliphatic carbocycles. The van der Waals surface area contributed by atoms with E-state index in [0.717, 1.165) is 44.4 Å². The molecule has 1 aliphatic rings. The quantitative estimate of drug-likeness (QED) is 0.436.